The molecule has 1 aliphatic rings. The first kappa shape index (κ1) is 66.4. The highest BCUT2D eigenvalue weighted by molar-refractivity contribution is 5.81. The molecule has 69 heavy (non-hydrogen) atoms. The van der Waals surface area contributed by atoms with Gasteiger partial charge in [-0.2, -0.15) is 5.06 Å². The Balaban J connectivity index is 3.94. The number of unbranched alkanes of at least 4 members (excludes halogenated alkanes) is 42. The number of carboxylic acids is 1. The van der Waals surface area contributed by atoms with Crippen molar-refractivity contribution in [2.45, 2.75) is 400 Å². The molecule has 1 heterocycles. The number of rotatable bonds is 55. The van der Waals surface area contributed by atoms with Crippen molar-refractivity contribution in [2.75, 3.05) is 0 Å². The predicted molar refractivity (Wildman–Crippen MR) is 306 cm³/mol. The van der Waals surface area contributed by atoms with Crippen LogP contribution in [0, 0.1) is 10.8 Å². The summed E-state index contributed by atoms with van der Waals surface area (Å²) in [5, 5.41) is 27.5. The lowest BCUT2D eigenvalue weighted by molar-refractivity contribution is -0.216. The summed E-state index contributed by atoms with van der Waals surface area (Å²) in [6, 6.07) is -0.0695. The molecule has 0 aromatic carbocycles. The maximum Gasteiger partial charge on any atom is 0.327 e. The number of carboxylic acid groups (broad SMARTS) is 1. The van der Waals surface area contributed by atoms with Gasteiger partial charge in [-0.15, -0.1) is 0 Å². The third kappa shape index (κ3) is 26.4. The van der Waals surface area contributed by atoms with E-state index >= 15 is 0 Å². The average molecular weight is 973 g/mol. The first-order chi connectivity index (χ1) is 33.9. The summed E-state index contributed by atoms with van der Waals surface area (Å²) in [5.41, 5.74) is -1.84. The molecule has 0 amide bonds. The van der Waals surface area contributed by atoms with Crippen LogP contribution in [-0.2, 0) is 4.79 Å². The van der Waals surface area contributed by atoms with Gasteiger partial charge < -0.3 is 10.3 Å². The van der Waals surface area contributed by atoms with Gasteiger partial charge in [0.05, 0.1) is 0 Å². The average Bonchev–Trinajstić information content (AvgIpc) is 3.51. The molecule has 1 saturated heterocycles. The third-order valence-corrected chi connectivity index (χ3v) is 18.0. The standard InChI is InChI=1S/C65H129NO3/c1-7-13-19-25-31-37-43-49-55-61-63(56-50-44-38-32-26-20-14-8-2,57-51-45-39-33-27-21-15-9-3)64(58-52-46-40-34-28-22-16-10-4,59-53-47-41-35-29-23-17-11-5)65(62(67)68,66(61)69)60-54-48-42-36-30-24-18-12-6/h61,69H,7-60H2,1-6H3,(H,67,68). The molecule has 1 rings (SSSR count). The zero-order chi connectivity index (χ0) is 50.4. The highest BCUT2D eigenvalue weighted by Gasteiger charge is 2.75. The van der Waals surface area contributed by atoms with Crippen LogP contribution in [0.5, 0.6) is 0 Å². The number of hydrogen-bond donors (Lipinski definition) is 2. The molecule has 1 aliphatic heterocycles. The van der Waals surface area contributed by atoms with Gasteiger partial charge in [-0.1, -0.05) is 350 Å². The van der Waals surface area contributed by atoms with Crippen molar-refractivity contribution in [2.24, 2.45) is 10.8 Å². The Kier molecular flexibility index (Phi) is 44.2. The van der Waals surface area contributed by atoms with E-state index in [0.29, 0.717) is 6.42 Å². The van der Waals surface area contributed by atoms with Crippen LogP contribution in [0.3, 0.4) is 0 Å². The number of nitrogens with zero attached hydrogens (tertiary/aromatic N) is 1. The topological polar surface area (TPSA) is 60.8 Å². The smallest absolute Gasteiger partial charge is 0.327 e. The Morgan fingerprint density at radius 3 is 0.797 bits per heavy atom. The lowest BCUT2D eigenvalue weighted by atomic mass is 9.48. The van der Waals surface area contributed by atoms with Crippen molar-refractivity contribution in [1.29, 1.82) is 0 Å². The van der Waals surface area contributed by atoms with E-state index in [1.54, 1.807) is 5.06 Å². The summed E-state index contributed by atoms with van der Waals surface area (Å²) in [7, 11) is 0. The SMILES string of the molecule is CCCCCCCCCCC1N(O)C(CCCCCCCCCC)(C(=O)O)C(CCCCCCCCCC)(CCCCCCCCCC)C1(CCCCCCCCCC)CCCCCCCCCC. The fourth-order valence-electron chi connectivity index (χ4n) is 13.8. The zero-order valence-corrected chi connectivity index (χ0v) is 48.5. The Morgan fingerprint density at radius 1 is 0.319 bits per heavy atom. The van der Waals surface area contributed by atoms with Gasteiger partial charge in [-0.05, 0) is 43.9 Å². The highest BCUT2D eigenvalue weighted by atomic mass is 16.5. The monoisotopic (exact) mass is 972 g/mol. The number of aliphatic carboxylic acids is 1. The Bertz CT molecular complexity index is 1050. The van der Waals surface area contributed by atoms with Gasteiger partial charge in [0.2, 0.25) is 0 Å². The van der Waals surface area contributed by atoms with Gasteiger partial charge in [0.15, 0.2) is 0 Å². The molecule has 2 unspecified atom stereocenters. The summed E-state index contributed by atoms with van der Waals surface area (Å²) in [6.07, 6.45) is 67.0. The van der Waals surface area contributed by atoms with Gasteiger partial charge in [0.25, 0.3) is 0 Å². The molecule has 0 radical (unpaired) electrons. The molecule has 4 nitrogen and oxygen atoms in total. The second kappa shape index (κ2) is 46.0. The Hall–Kier alpha value is -0.610. The van der Waals surface area contributed by atoms with Crippen LogP contribution in [0.4, 0.5) is 0 Å². The highest BCUT2D eigenvalue weighted by Crippen LogP contribution is 2.70. The molecule has 412 valence electrons. The van der Waals surface area contributed by atoms with Crippen molar-refractivity contribution in [3.05, 3.63) is 0 Å². The first-order valence-corrected chi connectivity index (χ1v) is 32.6. The van der Waals surface area contributed by atoms with Crippen molar-refractivity contribution in [3.63, 3.8) is 0 Å². The van der Waals surface area contributed by atoms with Crippen LogP contribution >= 0.6 is 0 Å². The molecule has 2 atom stereocenters. The molecule has 0 aliphatic carbocycles. The van der Waals surface area contributed by atoms with Crippen LogP contribution in [0.2, 0.25) is 0 Å². The molecule has 0 aromatic rings. The van der Waals surface area contributed by atoms with E-state index in [9.17, 15) is 15.1 Å². The molecule has 0 bridgehead atoms. The molecular weight excluding hydrogens is 843 g/mol. The van der Waals surface area contributed by atoms with Crippen LogP contribution in [-0.4, -0.2) is 32.9 Å². The minimum Gasteiger partial charge on any atom is -0.480 e. The Morgan fingerprint density at radius 2 is 0.536 bits per heavy atom. The van der Waals surface area contributed by atoms with Crippen LogP contribution in [0.1, 0.15) is 388 Å². The van der Waals surface area contributed by atoms with Crippen molar-refractivity contribution in [3.8, 4) is 0 Å². The molecule has 4 heteroatoms. The largest absolute Gasteiger partial charge is 0.480 e. The fraction of sp³-hybridized carbons (Fsp3) is 0.985. The predicted octanol–water partition coefficient (Wildman–Crippen LogP) is 23.0. The second-order valence-electron chi connectivity index (χ2n) is 23.7. The molecule has 0 saturated carbocycles. The summed E-state index contributed by atoms with van der Waals surface area (Å²) in [5.74, 6) is -0.679. The van der Waals surface area contributed by atoms with Crippen molar-refractivity contribution < 1.29 is 15.1 Å². The molecule has 0 spiro atoms. The summed E-state index contributed by atoms with van der Waals surface area (Å²) in [4.78, 5) is 15.0. The van der Waals surface area contributed by atoms with Gasteiger partial charge in [0.1, 0.15) is 5.54 Å². The lowest BCUT2D eigenvalue weighted by Gasteiger charge is -2.54. The summed E-state index contributed by atoms with van der Waals surface area (Å²) >= 11 is 0. The minimum absolute atomic E-state index is 0.0695. The quantitative estimate of drug-likeness (QED) is 0.0596. The van der Waals surface area contributed by atoms with Gasteiger partial charge in [-0.3, -0.25) is 4.79 Å². The Labute approximate surface area is 435 Å². The summed E-state index contributed by atoms with van der Waals surface area (Å²) in [6.45, 7) is 13.9. The van der Waals surface area contributed by atoms with Gasteiger partial charge >= 0.3 is 5.97 Å². The molecule has 0 aromatic heterocycles. The van der Waals surface area contributed by atoms with Crippen LogP contribution < -0.4 is 0 Å². The number of carbonyl (C=O) groups is 1. The fourth-order valence-corrected chi connectivity index (χ4v) is 13.8. The van der Waals surface area contributed by atoms with E-state index in [4.69, 9.17) is 0 Å². The van der Waals surface area contributed by atoms with E-state index in [1.165, 1.54) is 276 Å². The van der Waals surface area contributed by atoms with E-state index in [2.05, 4.69) is 41.5 Å². The van der Waals surface area contributed by atoms with Gasteiger partial charge in [0, 0.05) is 11.5 Å². The van der Waals surface area contributed by atoms with Crippen LogP contribution in [0.15, 0.2) is 0 Å². The zero-order valence-electron chi connectivity index (χ0n) is 48.5. The van der Waals surface area contributed by atoms with Crippen molar-refractivity contribution >= 4 is 5.97 Å². The summed E-state index contributed by atoms with van der Waals surface area (Å²) < 4.78 is 0. The van der Waals surface area contributed by atoms with E-state index < -0.39 is 16.9 Å². The van der Waals surface area contributed by atoms with Crippen LogP contribution in [0.25, 0.3) is 0 Å². The van der Waals surface area contributed by atoms with Gasteiger partial charge in [-0.25, -0.2) is 0 Å². The lowest BCUT2D eigenvalue weighted by Crippen LogP contribution is -2.61. The minimum atomic E-state index is -1.22. The molecular formula is C65H129NO3. The first-order valence-electron chi connectivity index (χ1n) is 32.6. The maximum atomic E-state index is 15.0. The maximum absolute atomic E-state index is 15.0. The molecule has 1 fully saturated rings. The van der Waals surface area contributed by atoms with E-state index in [0.717, 1.165) is 64.2 Å². The normalized spacial score (nSPS) is 17.9. The second-order valence-corrected chi connectivity index (χ2v) is 23.7. The van der Waals surface area contributed by atoms with Crippen molar-refractivity contribution in [1.82, 2.24) is 5.06 Å². The van der Waals surface area contributed by atoms with E-state index in [1.807, 2.05) is 0 Å². The third-order valence-electron chi connectivity index (χ3n) is 18.0. The molecule has 2 N–H and O–H groups in total. The number of hydroxylamine groups is 2. The van der Waals surface area contributed by atoms with E-state index in [-0.39, 0.29) is 11.5 Å². The number of hydrogen-bond acceptors (Lipinski definition) is 3.